The summed E-state index contributed by atoms with van der Waals surface area (Å²) in [5, 5.41) is 4.96. The molecule has 1 aromatic rings. The molecule has 0 radical (unpaired) electrons. The Bertz CT molecular complexity index is 575. The molecule has 1 rings (SSSR count). The summed E-state index contributed by atoms with van der Waals surface area (Å²) in [6.45, 7) is 6.53. The van der Waals surface area contributed by atoms with E-state index in [1.54, 1.807) is 6.92 Å². The summed E-state index contributed by atoms with van der Waals surface area (Å²) in [4.78, 5) is 35.8. The van der Waals surface area contributed by atoms with Gasteiger partial charge in [0.15, 0.2) is 13.1 Å². The van der Waals surface area contributed by atoms with Crippen molar-refractivity contribution in [3.05, 3.63) is 29.8 Å². The van der Waals surface area contributed by atoms with Crippen LogP contribution >= 0.6 is 0 Å². The molecule has 1 aromatic carbocycles. The number of carbonyl (C=O) groups is 3. The van der Waals surface area contributed by atoms with E-state index in [1.165, 1.54) is 0 Å². The minimum absolute atomic E-state index is 0.0255. The Kier molecular flexibility index (Phi) is 8.49. The van der Waals surface area contributed by atoms with Crippen molar-refractivity contribution in [2.75, 3.05) is 31.6 Å². The van der Waals surface area contributed by atoms with E-state index in [0.29, 0.717) is 6.54 Å². The summed E-state index contributed by atoms with van der Waals surface area (Å²) in [6.07, 6.45) is 0.128. The van der Waals surface area contributed by atoms with Crippen molar-refractivity contribution in [2.24, 2.45) is 0 Å². The van der Waals surface area contributed by atoms with E-state index >= 15 is 0 Å². The third kappa shape index (κ3) is 7.23. The molecule has 0 aromatic heterocycles. The molecule has 0 saturated carbocycles. The quantitative estimate of drug-likeness (QED) is 0.640. The predicted octanol–water partition coefficient (Wildman–Crippen LogP) is 0.365. The number of aryl methyl sites for hydroxylation is 1. The standard InChI is InChI=1S/C17H25N3O4/c1-4-13-8-7-9-14(10-13)18-15(21)11-20(5-2)12-16(22)19-17(23)24-6-3/h7-10H,4-6,11-12H2,1-3H3,(H,18,21)(H,19,22,23)/p+1. The molecule has 0 fully saturated rings. The van der Waals surface area contributed by atoms with Gasteiger partial charge in [0, 0.05) is 5.69 Å². The number of benzene rings is 1. The van der Waals surface area contributed by atoms with E-state index in [9.17, 15) is 14.4 Å². The second-order valence-electron chi connectivity index (χ2n) is 5.33. The number of ether oxygens (including phenoxy) is 1. The zero-order valence-electron chi connectivity index (χ0n) is 14.5. The monoisotopic (exact) mass is 336 g/mol. The molecule has 0 spiro atoms. The molecule has 0 aliphatic heterocycles. The zero-order chi connectivity index (χ0) is 17.9. The third-order valence-electron chi connectivity index (χ3n) is 3.46. The first-order valence-corrected chi connectivity index (χ1v) is 8.17. The Labute approximate surface area is 142 Å². The van der Waals surface area contributed by atoms with Crippen LogP contribution in [0.3, 0.4) is 0 Å². The lowest BCUT2D eigenvalue weighted by atomic mass is 10.1. The molecule has 1 unspecified atom stereocenters. The molecular formula is C17H26N3O4+. The van der Waals surface area contributed by atoms with Crippen molar-refractivity contribution in [3.63, 3.8) is 0 Å². The van der Waals surface area contributed by atoms with E-state index < -0.39 is 12.0 Å². The second kappa shape index (κ2) is 10.4. The van der Waals surface area contributed by atoms with Gasteiger partial charge in [0.1, 0.15) is 0 Å². The molecule has 7 heteroatoms. The van der Waals surface area contributed by atoms with Crippen molar-refractivity contribution < 1.29 is 24.0 Å². The van der Waals surface area contributed by atoms with Crippen LogP contribution in [0.5, 0.6) is 0 Å². The highest BCUT2D eigenvalue weighted by Crippen LogP contribution is 2.10. The first-order chi connectivity index (χ1) is 11.5. The first-order valence-electron chi connectivity index (χ1n) is 8.17. The fourth-order valence-corrected chi connectivity index (χ4v) is 2.17. The highest BCUT2D eigenvalue weighted by Gasteiger charge is 2.18. The SMILES string of the molecule is CCOC(=O)NC(=O)C[NH+](CC)CC(=O)Nc1cccc(CC)c1. The van der Waals surface area contributed by atoms with Crippen molar-refractivity contribution >= 4 is 23.6 Å². The normalized spacial score (nSPS) is 11.5. The van der Waals surface area contributed by atoms with Gasteiger partial charge in [-0.25, -0.2) is 4.79 Å². The van der Waals surface area contributed by atoms with Crippen LogP contribution in [0.25, 0.3) is 0 Å². The van der Waals surface area contributed by atoms with E-state index in [0.717, 1.165) is 22.6 Å². The molecule has 3 N–H and O–H groups in total. The average molecular weight is 336 g/mol. The number of imide groups is 1. The van der Waals surface area contributed by atoms with Gasteiger partial charge in [-0.3, -0.25) is 14.9 Å². The molecule has 0 heterocycles. The maximum atomic E-state index is 12.1. The number of rotatable bonds is 8. The summed E-state index contributed by atoms with van der Waals surface area (Å²) < 4.78 is 4.65. The Morgan fingerprint density at radius 2 is 1.79 bits per heavy atom. The summed E-state index contributed by atoms with van der Waals surface area (Å²) in [5.74, 6) is -0.643. The van der Waals surface area contributed by atoms with Gasteiger partial charge in [0.05, 0.1) is 13.2 Å². The number of nitrogens with one attached hydrogen (secondary N) is 3. The Morgan fingerprint density at radius 1 is 1.08 bits per heavy atom. The van der Waals surface area contributed by atoms with Gasteiger partial charge in [-0.15, -0.1) is 0 Å². The van der Waals surface area contributed by atoms with Gasteiger partial charge in [-0.2, -0.15) is 0 Å². The topological polar surface area (TPSA) is 88.9 Å². The smallest absolute Gasteiger partial charge is 0.414 e. The molecule has 0 bridgehead atoms. The molecule has 132 valence electrons. The number of hydrogen-bond acceptors (Lipinski definition) is 4. The average Bonchev–Trinajstić information content (AvgIpc) is 2.54. The van der Waals surface area contributed by atoms with Gasteiger partial charge >= 0.3 is 6.09 Å². The van der Waals surface area contributed by atoms with Crippen LogP contribution in [0.4, 0.5) is 10.5 Å². The summed E-state index contributed by atoms with van der Waals surface area (Å²) in [7, 11) is 0. The summed E-state index contributed by atoms with van der Waals surface area (Å²) >= 11 is 0. The van der Waals surface area contributed by atoms with Crippen molar-refractivity contribution in [1.29, 1.82) is 0 Å². The van der Waals surface area contributed by atoms with E-state index in [-0.39, 0.29) is 25.6 Å². The van der Waals surface area contributed by atoms with E-state index in [1.807, 2.05) is 38.1 Å². The van der Waals surface area contributed by atoms with Gasteiger partial charge in [0.2, 0.25) is 0 Å². The van der Waals surface area contributed by atoms with Gasteiger partial charge in [0.25, 0.3) is 11.8 Å². The van der Waals surface area contributed by atoms with E-state index in [4.69, 9.17) is 0 Å². The molecule has 0 aliphatic rings. The maximum Gasteiger partial charge on any atom is 0.414 e. The minimum atomic E-state index is -0.765. The lowest BCUT2D eigenvalue weighted by Crippen LogP contribution is -3.14. The number of anilines is 1. The fourth-order valence-electron chi connectivity index (χ4n) is 2.17. The summed E-state index contributed by atoms with van der Waals surface area (Å²) in [6, 6.07) is 7.65. The lowest BCUT2D eigenvalue weighted by Gasteiger charge is -2.16. The summed E-state index contributed by atoms with van der Waals surface area (Å²) in [5.41, 5.74) is 1.88. The van der Waals surface area contributed by atoms with Crippen LogP contribution in [0.1, 0.15) is 26.3 Å². The first kappa shape index (κ1) is 19.6. The highest BCUT2D eigenvalue weighted by molar-refractivity contribution is 5.93. The molecule has 0 aliphatic carbocycles. The molecule has 0 saturated heterocycles. The number of likely N-dealkylation sites (N-methyl/N-ethyl adjacent to an activating group) is 1. The predicted molar refractivity (Wildman–Crippen MR) is 90.9 cm³/mol. The van der Waals surface area contributed by atoms with Gasteiger partial charge < -0.3 is 15.0 Å². The Hall–Kier alpha value is -2.41. The highest BCUT2D eigenvalue weighted by atomic mass is 16.5. The van der Waals surface area contributed by atoms with Gasteiger partial charge in [-0.05, 0) is 38.0 Å². The van der Waals surface area contributed by atoms with Crippen LogP contribution in [-0.2, 0) is 20.7 Å². The molecule has 3 amide bonds. The zero-order valence-corrected chi connectivity index (χ0v) is 14.5. The fraction of sp³-hybridized carbons (Fsp3) is 0.471. The molecule has 24 heavy (non-hydrogen) atoms. The number of quaternary nitrogens is 1. The largest absolute Gasteiger partial charge is 0.450 e. The number of amides is 3. The Balaban J connectivity index is 2.50. The minimum Gasteiger partial charge on any atom is -0.450 e. The third-order valence-corrected chi connectivity index (χ3v) is 3.46. The molecule has 7 nitrogen and oxygen atoms in total. The number of alkyl carbamates (subject to hydrolysis) is 1. The molecule has 1 atom stereocenters. The van der Waals surface area contributed by atoms with Crippen LogP contribution in [0.2, 0.25) is 0 Å². The van der Waals surface area contributed by atoms with Crippen LogP contribution < -0.4 is 15.5 Å². The van der Waals surface area contributed by atoms with Crippen LogP contribution in [-0.4, -0.2) is 44.1 Å². The van der Waals surface area contributed by atoms with Crippen LogP contribution in [0, 0.1) is 0 Å². The molecular weight excluding hydrogens is 310 g/mol. The van der Waals surface area contributed by atoms with Crippen molar-refractivity contribution in [1.82, 2.24) is 5.32 Å². The van der Waals surface area contributed by atoms with Crippen LogP contribution in [0.15, 0.2) is 24.3 Å². The second-order valence-corrected chi connectivity index (χ2v) is 5.33. The number of carbonyl (C=O) groups excluding carboxylic acids is 3. The number of hydrogen-bond donors (Lipinski definition) is 3. The lowest BCUT2D eigenvalue weighted by molar-refractivity contribution is -0.881. The maximum absolute atomic E-state index is 12.1. The van der Waals surface area contributed by atoms with E-state index in [2.05, 4.69) is 15.4 Å². The van der Waals surface area contributed by atoms with Crippen molar-refractivity contribution in [2.45, 2.75) is 27.2 Å². The Morgan fingerprint density at radius 3 is 2.42 bits per heavy atom. The van der Waals surface area contributed by atoms with Gasteiger partial charge in [-0.1, -0.05) is 19.1 Å². The van der Waals surface area contributed by atoms with Crippen molar-refractivity contribution in [3.8, 4) is 0 Å².